The van der Waals surface area contributed by atoms with Crippen molar-refractivity contribution in [2.75, 3.05) is 6.61 Å². The summed E-state index contributed by atoms with van der Waals surface area (Å²) in [6.45, 7) is 10.2. The first kappa shape index (κ1) is 18.6. The molecule has 0 aliphatic rings. The summed E-state index contributed by atoms with van der Waals surface area (Å²) in [4.78, 5) is 12.3. The maximum absolute atomic E-state index is 12.3. The summed E-state index contributed by atoms with van der Waals surface area (Å²) < 4.78 is 11.1. The smallest absolute Gasteiger partial charge is 0.339 e. The number of halogens is 1. The zero-order chi connectivity index (χ0) is 17.7. The number of hydrogen-bond acceptors (Lipinski definition) is 3. The predicted octanol–water partition coefficient (Wildman–Crippen LogP) is 5.83. The topological polar surface area (TPSA) is 39.4 Å². The molecule has 2 aromatic rings. The minimum Gasteiger partial charge on any atom is -0.488 e. The largest absolute Gasteiger partial charge is 0.488 e. The van der Waals surface area contributed by atoms with Gasteiger partial charge in [0.15, 0.2) is 0 Å². The van der Waals surface area contributed by atoms with Crippen molar-refractivity contribution in [2.45, 2.75) is 52.9 Å². The zero-order valence-corrected chi connectivity index (χ0v) is 15.5. The van der Waals surface area contributed by atoms with Crippen molar-refractivity contribution in [3.05, 3.63) is 50.9 Å². The van der Waals surface area contributed by atoms with E-state index in [1.807, 2.05) is 19.9 Å². The summed E-state index contributed by atoms with van der Waals surface area (Å²) in [6.07, 6.45) is 5.23. The van der Waals surface area contributed by atoms with Crippen LogP contribution in [0.5, 0.6) is 5.75 Å². The average Bonchev–Trinajstić information content (AvgIpc) is 2.53. The molecule has 0 aliphatic heterocycles. The summed E-state index contributed by atoms with van der Waals surface area (Å²) in [6, 6.07) is 3.51. The Bertz CT molecular complexity index is 790. The molecule has 0 N–H and O–H groups in total. The third-order valence-electron chi connectivity index (χ3n) is 4.09. The van der Waals surface area contributed by atoms with Crippen LogP contribution in [0, 0.1) is 6.92 Å². The van der Waals surface area contributed by atoms with Gasteiger partial charge in [-0.3, -0.25) is 0 Å². The Morgan fingerprint density at radius 2 is 2.04 bits per heavy atom. The summed E-state index contributed by atoms with van der Waals surface area (Å²) in [5.41, 5.74) is 2.85. The molecule has 0 saturated carbocycles. The Morgan fingerprint density at radius 3 is 2.71 bits per heavy atom. The number of ether oxygens (including phenoxy) is 1. The van der Waals surface area contributed by atoms with Crippen molar-refractivity contribution in [2.24, 2.45) is 0 Å². The number of fused-ring (bicyclic) bond motifs is 1. The third-order valence-corrected chi connectivity index (χ3v) is 4.39. The van der Waals surface area contributed by atoms with E-state index in [1.54, 1.807) is 6.07 Å². The summed E-state index contributed by atoms with van der Waals surface area (Å²) in [7, 11) is 0. The Hall–Kier alpha value is -1.74. The highest BCUT2D eigenvalue weighted by molar-refractivity contribution is 6.32. The quantitative estimate of drug-likeness (QED) is 0.342. The average molecular weight is 349 g/mol. The number of benzene rings is 1. The van der Waals surface area contributed by atoms with E-state index in [9.17, 15) is 4.79 Å². The van der Waals surface area contributed by atoms with E-state index < -0.39 is 0 Å². The van der Waals surface area contributed by atoms with E-state index in [-0.39, 0.29) is 5.63 Å². The van der Waals surface area contributed by atoms with Crippen LogP contribution in [0.3, 0.4) is 0 Å². The monoisotopic (exact) mass is 348 g/mol. The molecule has 4 heteroatoms. The van der Waals surface area contributed by atoms with Crippen molar-refractivity contribution in [3.63, 3.8) is 0 Å². The number of rotatable bonds is 8. The van der Waals surface area contributed by atoms with Crippen LogP contribution in [0.4, 0.5) is 0 Å². The summed E-state index contributed by atoms with van der Waals surface area (Å²) >= 11 is 6.32. The van der Waals surface area contributed by atoms with Gasteiger partial charge >= 0.3 is 5.63 Å². The number of unbranched alkanes of at least 4 members (excludes halogenated alkanes) is 3. The highest BCUT2D eigenvalue weighted by Gasteiger charge is 2.14. The molecule has 0 atom stereocenters. The molecule has 130 valence electrons. The number of aryl methyl sites for hydroxylation is 1. The van der Waals surface area contributed by atoms with Crippen LogP contribution >= 0.6 is 11.6 Å². The lowest BCUT2D eigenvalue weighted by Crippen LogP contribution is -2.10. The van der Waals surface area contributed by atoms with Gasteiger partial charge in [0, 0.05) is 17.0 Å². The lowest BCUT2D eigenvalue weighted by atomic mass is 10.0. The molecule has 0 amide bonds. The van der Waals surface area contributed by atoms with E-state index >= 15 is 0 Å². The number of hydrogen-bond donors (Lipinski definition) is 0. The Labute approximate surface area is 148 Å². The third kappa shape index (κ3) is 4.41. The van der Waals surface area contributed by atoms with Gasteiger partial charge in [-0.15, -0.1) is 0 Å². The fourth-order valence-corrected chi connectivity index (χ4v) is 2.94. The zero-order valence-electron chi connectivity index (χ0n) is 14.7. The second-order valence-electron chi connectivity index (χ2n) is 6.33. The highest BCUT2D eigenvalue weighted by Crippen LogP contribution is 2.32. The predicted molar refractivity (Wildman–Crippen MR) is 100 cm³/mol. The first-order valence-corrected chi connectivity index (χ1v) is 8.84. The molecular weight excluding hydrogens is 324 g/mol. The molecule has 2 rings (SSSR count). The van der Waals surface area contributed by atoms with Gasteiger partial charge < -0.3 is 9.15 Å². The van der Waals surface area contributed by atoms with E-state index in [0.717, 1.165) is 41.3 Å². The van der Waals surface area contributed by atoms with Crippen molar-refractivity contribution in [1.29, 1.82) is 0 Å². The van der Waals surface area contributed by atoms with Gasteiger partial charge in [-0.1, -0.05) is 44.4 Å². The minimum absolute atomic E-state index is 0.260. The molecular formula is C20H25ClO3. The molecule has 1 aromatic carbocycles. The maximum atomic E-state index is 12.3. The molecule has 0 unspecified atom stereocenters. The molecule has 0 spiro atoms. The normalized spacial score (nSPS) is 11.0. The highest BCUT2D eigenvalue weighted by atomic mass is 35.5. The summed E-state index contributed by atoms with van der Waals surface area (Å²) in [5.74, 6) is 0.505. The van der Waals surface area contributed by atoms with E-state index in [1.165, 1.54) is 12.8 Å². The first-order chi connectivity index (χ1) is 11.4. The van der Waals surface area contributed by atoms with Crippen LogP contribution in [0.25, 0.3) is 11.0 Å². The van der Waals surface area contributed by atoms with Crippen molar-refractivity contribution in [3.8, 4) is 5.75 Å². The van der Waals surface area contributed by atoms with Gasteiger partial charge in [-0.2, -0.15) is 0 Å². The van der Waals surface area contributed by atoms with Crippen LogP contribution in [0.2, 0.25) is 5.02 Å². The van der Waals surface area contributed by atoms with Gasteiger partial charge in [0.25, 0.3) is 0 Å². The lowest BCUT2D eigenvalue weighted by molar-refractivity contribution is 0.352. The maximum Gasteiger partial charge on any atom is 0.339 e. The van der Waals surface area contributed by atoms with Crippen LogP contribution in [-0.4, -0.2) is 6.61 Å². The van der Waals surface area contributed by atoms with Crippen LogP contribution in [0.1, 0.15) is 50.7 Å². The lowest BCUT2D eigenvalue weighted by Gasteiger charge is -2.12. The minimum atomic E-state index is -0.260. The molecule has 1 aromatic heterocycles. The standard InChI is InChI=1S/C20H25ClO3/c1-5-6-7-8-9-15-14(4)16-10-17(21)19(23-12-13(2)3)11-18(16)24-20(15)22/h10-11H,2,5-9,12H2,1,3-4H3. The van der Waals surface area contributed by atoms with Crippen LogP contribution < -0.4 is 10.4 Å². The van der Waals surface area contributed by atoms with Crippen LogP contribution in [-0.2, 0) is 6.42 Å². The van der Waals surface area contributed by atoms with Gasteiger partial charge in [-0.25, -0.2) is 4.79 Å². The van der Waals surface area contributed by atoms with E-state index in [0.29, 0.717) is 23.0 Å². The van der Waals surface area contributed by atoms with Gasteiger partial charge in [0.2, 0.25) is 0 Å². The molecule has 0 aliphatic carbocycles. The Morgan fingerprint density at radius 1 is 1.29 bits per heavy atom. The Balaban J connectivity index is 2.35. The molecule has 1 heterocycles. The fourth-order valence-electron chi connectivity index (χ4n) is 2.72. The first-order valence-electron chi connectivity index (χ1n) is 8.47. The van der Waals surface area contributed by atoms with Crippen molar-refractivity contribution in [1.82, 2.24) is 0 Å². The second kappa shape index (κ2) is 8.39. The fraction of sp³-hybridized carbons (Fsp3) is 0.450. The molecule has 0 saturated heterocycles. The van der Waals surface area contributed by atoms with Gasteiger partial charge in [0.05, 0.1) is 5.02 Å². The molecule has 0 radical (unpaired) electrons. The molecule has 0 fully saturated rings. The van der Waals surface area contributed by atoms with E-state index in [2.05, 4.69) is 13.5 Å². The van der Waals surface area contributed by atoms with Crippen molar-refractivity contribution < 1.29 is 9.15 Å². The van der Waals surface area contributed by atoms with E-state index in [4.69, 9.17) is 20.8 Å². The molecule has 24 heavy (non-hydrogen) atoms. The van der Waals surface area contributed by atoms with Crippen LogP contribution in [0.15, 0.2) is 33.5 Å². The molecule has 0 bridgehead atoms. The van der Waals surface area contributed by atoms with Gasteiger partial charge in [-0.05, 0) is 43.9 Å². The SMILES string of the molecule is C=C(C)COc1cc2oc(=O)c(CCCCCC)c(C)c2cc1Cl. The second-order valence-corrected chi connectivity index (χ2v) is 6.74. The Kier molecular flexibility index (Phi) is 6.50. The summed E-state index contributed by atoms with van der Waals surface area (Å²) in [5, 5.41) is 1.38. The van der Waals surface area contributed by atoms with Gasteiger partial charge in [0.1, 0.15) is 17.9 Å². The van der Waals surface area contributed by atoms with Crippen molar-refractivity contribution >= 4 is 22.6 Å². The molecule has 3 nitrogen and oxygen atoms in total.